The lowest BCUT2D eigenvalue weighted by Crippen LogP contribution is -2.46. The molecule has 1 aromatic carbocycles. The molecular weight excluding hydrogens is 238 g/mol. The Labute approximate surface area is 116 Å². The van der Waals surface area contributed by atoms with Gasteiger partial charge in [0.05, 0.1) is 0 Å². The summed E-state index contributed by atoms with van der Waals surface area (Å²) in [5.41, 5.74) is 7.92. The fourth-order valence-corrected chi connectivity index (χ4v) is 2.49. The molecule has 1 aromatic rings. The molecule has 0 saturated carbocycles. The molecule has 0 aromatic heterocycles. The summed E-state index contributed by atoms with van der Waals surface area (Å²) in [7, 11) is 0. The second kappa shape index (κ2) is 7.36. The first-order valence-corrected chi connectivity index (χ1v) is 7.20. The molecule has 1 fully saturated rings. The van der Waals surface area contributed by atoms with Crippen molar-refractivity contribution in [3.8, 4) is 0 Å². The van der Waals surface area contributed by atoms with Gasteiger partial charge in [-0.25, -0.2) is 0 Å². The van der Waals surface area contributed by atoms with Crippen LogP contribution in [0.25, 0.3) is 0 Å². The van der Waals surface area contributed by atoms with E-state index in [1.54, 1.807) is 0 Å². The van der Waals surface area contributed by atoms with E-state index in [1.165, 1.54) is 5.69 Å². The van der Waals surface area contributed by atoms with Gasteiger partial charge in [0.2, 0.25) is 0 Å². The molecule has 0 unspecified atom stereocenters. The zero-order valence-electron chi connectivity index (χ0n) is 11.8. The van der Waals surface area contributed by atoms with Gasteiger partial charge in [-0.15, -0.1) is 0 Å². The molecule has 19 heavy (non-hydrogen) atoms. The van der Waals surface area contributed by atoms with Gasteiger partial charge in [0.1, 0.15) is 0 Å². The lowest BCUT2D eigenvalue weighted by atomic mass is 10.2. The highest BCUT2D eigenvalue weighted by atomic mass is 16.5. The zero-order valence-corrected chi connectivity index (χ0v) is 11.8. The molecule has 1 saturated heterocycles. The Morgan fingerprint density at radius 1 is 1.21 bits per heavy atom. The predicted octanol–water partition coefficient (Wildman–Crippen LogP) is 1.82. The Morgan fingerprint density at radius 2 is 2.00 bits per heavy atom. The highest BCUT2D eigenvalue weighted by Gasteiger charge is 2.16. The summed E-state index contributed by atoms with van der Waals surface area (Å²) in [6.07, 6.45) is 1.13. The van der Waals surface area contributed by atoms with E-state index >= 15 is 0 Å². The SMILES string of the molecule is CCOCCCN1CCN(c2cccc(N)c2)CC1. The number of anilines is 2. The largest absolute Gasteiger partial charge is 0.399 e. The van der Waals surface area contributed by atoms with Crippen LogP contribution in [-0.4, -0.2) is 50.8 Å². The summed E-state index contributed by atoms with van der Waals surface area (Å²) in [5.74, 6) is 0. The molecule has 0 atom stereocenters. The standard InChI is InChI=1S/C15H25N3O/c1-2-19-12-4-7-17-8-10-18(11-9-17)15-6-3-5-14(16)13-15/h3,5-6,13H,2,4,7-12,16H2,1H3. The van der Waals surface area contributed by atoms with Crippen molar-refractivity contribution in [2.75, 3.05) is 56.6 Å². The van der Waals surface area contributed by atoms with E-state index in [9.17, 15) is 0 Å². The van der Waals surface area contributed by atoms with E-state index in [1.807, 2.05) is 19.1 Å². The number of nitrogen functional groups attached to an aromatic ring is 1. The first kappa shape index (κ1) is 14.2. The molecule has 0 aliphatic carbocycles. The van der Waals surface area contributed by atoms with Crippen LogP contribution in [0.15, 0.2) is 24.3 Å². The number of rotatable bonds is 6. The minimum absolute atomic E-state index is 0.823. The molecule has 0 radical (unpaired) electrons. The van der Waals surface area contributed by atoms with Crippen molar-refractivity contribution in [1.29, 1.82) is 0 Å². The molecule has 2 rings (SSSR count). The third-order valence-electron chi connectivity index (χ3n) is 3.57. The number of benzene rings is 1. The van der Waals surface area contributed by atoms with Crippen molar-refractivity contribution in [2.24, 2.45) is 0 Å². The summed E-state index contributed by atoms with van der Waals surface area (Å²) >= 11 is 0. The van der Waals surface area contributed by atoms with Gasteiger partial charge in [-0.3, -0.25) is 4.90 Å². The van der Waals surface area contributed by atoms with E-state index < -0.39 is 0 Å². The maximum Gasteiger partial charge on any atom is 0.0478 e. The molecule has 0 amide bonds. The Hall–Kier alpha value is -1.26. The molecule has 4 nitrogen and oxygen atoms in total. The van der Waals surface area contributed by atoms with E-state index in [0.29, 0.717) is 0 Å². The van der Waals surface area contributed by atoms with E-state index in [2.05, 4.69) is 21.9 Å². The lowest BCUT2D eigenvalue weighted by molar-refractivity contribution is 0.130. The molecule has 0 spiro atoms. The quantitative estimate of drug-likeness (QED) is 0.628. The third kappa shape index (κ3) is 4.40. The highest BCUT2D eigenvalue weighted by molar-refractivity contribution is 5.56. The first-order valence-electron chi connectivity index (χ1n) is 7.20. The summed E-state index contributed by atoms with van der Waals surface area (Å²) in [6, 6.07) is 8.17. The van der Waals surface area contributed by atoms with E-state index in [0.717, 1.165) is 58.0 Å². The lowest BCUT2D eigenvalue weighted by Gasteiger charge is -2.36. The summed E-state index contributed by atoms with van der Waals surface area (Å²) in [6.45, 7) is 9.31. The number of piperazine rings is 1. The molecular formula is C15H25N3O. The Morgan fingerprint density at radius 3 is 2.68 bits per heavy atom. The average Bonchev–Trinajstić information content (AvgIpc) is 2.44. The van der Waals surface area contributed by atoms with Crippen molar-refractivity contribution in [3.63, 3.8) is 0 Å². The van der Waals surface area contributed by atoms with Crippen LogP contribution in [0.4, 0.5) is 11.4 Å². The van der Waals surface area contributed by atoms with Gasteiger partial charge in [0.15, 0.2) is 0 Å². The third-order valence-corrected chi connectivity index (χ3v) is 3.57. The molecule has 106 valence electrons. The summed E-state index contributed by atoms with van der Waals surface area (Å²) < 4.78 is 5.38. The minimum atomic E-state index is 0.823. The molecule has 4 heteroatoms. The van der Waals surface area contributed by atoms with Crippen molar-refractivity contribution < 1.29 is 4.74 Å². The van der Waals surface area contributed by atoms with Gasteiger partial charge >= 0.3 is 0 Å². The maximum atomic E-state index is 5.84. The van der Waals surface area contributed by atoms with Gasteiger partial charge < -0.3 is 15.4 Å². The molecule has 1 aliphatic rings. The van der Waals surface area contributed by atoms with Gasteiger partial charge in [-0.1, -0.05) is 6.07 Å². The number of hydrogen-bond acceptors (Lipinski definition) is 4. The minimum Gasteiger partial charge on any atom is -0.399 e. The second-order valence-corrected chi connectivity index (χ2v) is 4.97. The van der Waals surface area contributed by atoms with Crippen LogP contribution in [0.5, 0.6) is 0 Å². The van der Waals surface area contributed by atoms with Crippen LogP contribution >= 0.6 is 0 Å². The van der Waals surface area contributed by atoms with Crippen molar-refractivity contribution >= 4 is 11.4 Å². The monoisotopic (exact) mass is 263 g/mol. The Kier molecular flexibility index (Phi) is 5.48. The predicted molar refractivity (Wildman–Crippen MR) is 80.6 cm³/mol. The van der Waals surface area contributed by atoms with Gasteiger partial charge in [0, 0.05) is 57.3 Å². The van der Waals surface area contributed by atoms with Crippen LogP contribution in [0.1, 0.15) is 13.3 Å². The maximum absolute atomic E-state index is 5.84. The van der Waals surface area contributed by atoms with Crippen LogP contribution in [-0.2, 0) is 4.74 Å². The summed E-state index contributed by atoms with van der Waals surface area (Å²) in [4.78, 5) is 4.93. The van der Waals surface area contributed by atoms with Crippen molar-refractivity contribution in [2.45, 2.75) is 13.3 Å². The average molecular weight is 263 g/mol. The van der Waals surface area contributed by atoms with Crippen LogP contribution in [0, 0.1) is 0 Å². The normalized spacial score (nSPS) is 16.8. The highest BCUT2D eigenvalue weighted by Crippen LogP contribution is 2.19. The smallest absolute Gasteiger partial charge is 0.0478 e. The van der Waals surface area contributed by atoms with E-state index in [-0.39, 0.29) is 0 Å². The zero-order chi connectivity index (χ0) is 13.5. The topological polar surface area (TPSA) is 41.7 Å². The van der Waals surface area contributed by atoms with Gasteiger partial charge in [0.25, 0.3) is 0 Å². The number of hydrogen-bond donors (Lipinski definition) is 1. The molecule has 1 aliphatic heterocycles. The number of nitrogens with zero attached hydrogens (tertiary/aromatic N) is 2. The number of ether oxygens (including phenoxy) is 1. The number of nitrogens with two attached hydrogens (primary N) is 1. The molecule has 2 N–H and O–H groups in total. The fourth-order valence-electron chi connectivity index (χ4n) is 2.49. The van der Waals surface area contributed by atoms with E-state index in [4.69, 9.17) is 10.5 Å². The second-order valence-electron chi connectivity index (χ2n) is 4.97. The summed E-state index contributed by atoms with van der Waals surface area (Å²) in [5, 5.41) is 0. The van der Waals surface area contributed by atoms with Gasteiger partial charge in [-0.05, 0) is 31.5 Å². The van der Waals surface area contributed by atoms with Gasteiger partial charge in [-0.2, -0.15) is 0 Å². The van der Waals surface area contributed by atoms with Crippen molar-refractivity contribution in [1.82, 2.24) is 4.90 Å². The fraction of sp³-hybridized carbons (Fsp3) is 0.600. The Bertz CT molecular complexity index is 375. The van der Waals surface area contributed by atoms with Crippen LogP contribution < -0.4 is 10.6 Å². The van der Waals surface area contributed by atoms with Crippen LogP contribution in [0.2, 0.25) is 0 Å². The van der Waals surface area contributed by atoms with Crippen LogP contribution in [0.3, 0.4) is 0 Å². The Balaban J connectivity index is 1.73. The molecule has 1 heterocycles. The van der Waals surface area contributed by atoms with Crippen molar-refractivity contribution in [3.05, 3.63) is 24.3 Å². The first-order chi connectivity index (χ1) is 9.29. The molecule has 0 bridgehead atoms.